The van der Waals surface area contributed by atoms with Gasteiger partial charge < -0.3 is 47.4 Å². The Morgan fingerprint density at radius 3 is 1.35 bits per heavy atom. The molecule has 2 aromatic rings. The molecule has 390 valence electrons. The third-order valence-corrected chi connectivity index (χ3v) is 15.5. The number of carbonyl (C=O) groups is 6. The molecular weight excluding hydrogens is 929 g/mol. The quantitative estimate of drug-likeness (QED) is 0.0322. The number of unbranched alkanes of at least 4 members (excludes halogenated alkanes) is 1. The maximum absolute atomic E-state index is 13.5. The van der Waals surface area contributed by atoms with Crippen LogP contribution in [-0.2, 0) is 75.3 Å². The minimum atomic E-state index is -0.788. The predicted octanol–water partition coefficient (Wildman–Crippen LogP) is 9.95. The van der Waals surface area contributed by atoms with Crippen LogP contribution in [0.4, 0.5) is 9.59 Å². The van der Waals surface area contributed by atoms with Crippen molar-refractivity contribution in [1.82, 2.24) is 0 Å². The highest BCUT2D eigenvalue weighted by Crippen LogP contribution is 2.57. The van der Waals surface area contributed by atoms with Crippen LogP contribution in [0.3, 0.4) is 0 Å². The molecule has 16 nitrogen and oxygen atoms in total. The molecule has 16 heteroatoms. The monoisotopic (exact) mass is 998 g/mol. The van der Waals surface area contributed by atoms with Crippen LogP contribution in [0.25, 0.3) is 0 Å². The first-order chi connectivity index (χ1) is 35.0. The molecule has 0 saturated heterocycles. The Bertz CT molecular complexity index is 2240. The lowest BCUT2D eigenvalue weighted by molar-refractivity contribution is -0.162. The molecular formula is C56H70O16. The van der Waals surface area contributed by atoms with Gasteiger partial charge in [-0.25, -0.2) is 19.2 Å². The van der Waals surface area contributed by atoms with Crippen LogP contribution in [0.2, 0.25) is 0 Å². The van der Waals surface area contributed by atoms with Crippen LogP contribution in [0.5, 0.6) is 11.5 Å². The Hall–Kier alpha value is -5.74. The third kappa shape index (κ3) is 13.6. The largest absolute Gasteiger partial charge is 0.514 e. The van der Waals surface area contributed by atoms with Crippen LogP contribution in [0.15, 0.2) is 61.7 Å². The summed E-state index contributed by atoms with van der Waals surface area (Å²) >= 11 is 0. The Morgan fingerprint density at radius 2 is 0.889 bits per heavy atom. The smallest absolute Gasteiger partial charge is 0.463 e. The highest BCUT2D eigenvalue weighted by atomic mass is 16.7. The molecule has 2 aromatic carbocycles. The van der Waals surface area contributed by atoms with Gasteiger partial charge in [-0.15, -0.1) is 0 Å². The van der Waals surface area contributed by atoms with Gasteiger partial charge in [0.1, 0.15) is 35.9 Å². The molecule has 1 spiro atoms. The average molecular weight is 999 g/mol. The first-order valence-corrected chi connectivity index (χ1v) is 26.2. The van der Waals surface area contributed by atoms with E-state index < -0.39 is 29.7 Å². The zero-order valence-corrected chi connectivity index (χ0v) is 41.4. The zero-order valence-electron chi connectivity index (χ0n) is 41.4. The third-order valence-electron chi connectivity index (χ3n) is 15.5. The Morgan fingerprint density at radius 1 is 0.486 bits per heavy atom. The number of hydrogen-bond acceptors (Lipinski definition) is 16. The lowest BCUT2D eigenvalue weighted by atomic mass is 9.76. The van der Waals surface area contributed by atoms with Gasteiger partial charge in [-0.1, -0.05) is 37.4 Å². The summed E-state index contributed by atoms with van der Waals surface area (Å²) in [5.74, 6) is -0.856. The molecule has 1 unspecified atom stereocenters. The summed E-state index contributed by atoms with van der Waals surface area (Å²) < 4.78 is 57.2. The van der Waals surface area contributed by atoms with E-state index in [0.29, 0.717) is 115 Å². The van der Waals surface area contributed by atoms with Gasteiger partial charge in [0.15, 0.2) is 6.79 Å². The van der Waals surface area contributed by atoms with E-state index in [4.69, 9.17) is 47.4 Å². The van der Waals surface area contributed by atoms with Crippen LogP contribution in [0, 0.1) is 11.8 Å². The molecule has 0 aromatic heterocycles. The maximum Gasteiger partial charge on any atom is 0.514 e. The van der Waals surface area contributed by atoms with E-state index in [1.54, 1.807) is 12.1 Å². The predicted molar refractivity (Wildman–Crippen MR) is 259 cm³/mol. The van der Waals surface area contributed by atoms with E-state index in [-0.39, 0.29) is 67.2 Å². The number of rotatable bonds is 19. The van der Waals surface area contributed by atoms with Crippen molar-refractivity contribution in [2.75, 3.05) is 20.0 Å². The second kappa shape index (κ2) is 25.3. The summed E-state index contributed by atoms with van der Waals surface area (Å²) in [6.45, 7) is 7.54. The van der Waals surface area contributed by atoms with Crippen molar-refractivity contribution in [3.63, 3.8) is 0 Å². The van der Waals surface area contributed by atoms with E-state index in [1.165, 1.54) is 0 Å². The van der Waals surface area contributed by atoms with Gasteiger partial charge in [0.2, 0.25) is 0 Å². The maximum atomic E-state index is 13.5. The average Bonchev–Trinajstić information content (AvgIpc) is 3.97. The van der Waals surface area contributed by atoms with Crippen molar-refractivity contribution in [3.05, 3.63) is 84.0 Å². The number of ether oxygens (including phenoxy) is 10. The van der Waals surface area contributed by atoms with Crippen LogP contribution >= 0.6 is 0 Å². The number of hydrogen-bond donors (Lipinski definition) is 0. The molecule has 0 heterocycles. The van der Waals surface area contributed by atoms with E-state index in [9.17, 15) is 28.8 Å². The van der Waals surface area contributed by atoms with Gasteiger partial charge in [-0.05, 0) is 165 Å². The minimum absolute atomic E-state index is 0.0827. The number of aryl methyl sites for hydroxylation is 2. The molecule has 0 bridgehead atoms. The Balaban J connectivity index is 0.763. The lowest BCUT2D eigenvalue weighted by Crippen LogP contribution is -2.34. The molecule has 0 amide bonds. The van der Waals surface area contributed by atoms with Crippen LogP contribution in [-0.4, -0.2) is 92.8 Å². The number of fused-ring (bicyclic) bond motifs is 4. The summed E-state index contributed by atoms with van der Waals surface area (Å²) in [7, 11) is 0. The van der Waals surface area contributed by atoms with E-state index in [0.717, 1.165) is 85.8 Å². The topological polar surface area (TPSA) is 195 Å². The minimum Gasteiger partial charge on any atom is -0.463 e. The first kappa shape index (κ1) is 52.6. The highest BCUT2D eigenvalue weighted by molar-refractivity contribution is 5.81. The summed E-state index contributed by atoms with van der Waals surface area (Å²) in [5.41, 5.74) is 3.40. The summed E-state index contributed by atoms with van der Waals surface area (Å²) in [6.07, 6.45) is 14.1. The van der Waals surface area contributed by atoms with E-state index in [1.807, 2.05) is 12.1 Å². The first-order valence-electron chi connectivity index (χ1n) is 26.2. The van der Waals surface area contributed by atoms with Crippen molar-refractivity contribution in [2.45, 2.75) is 183 Å². The molecule has 72 heavy (non-hydrogen) atoms. The molecule has 6 aliphatic rings. The normalized spacial score (nSPS) is 27.5. The molecule has 4 saturated carbocycles. The molecule has 0 N–H and O–H groups in total. The summed E-state index contributed by atoms with van der Waals surface area (Å²) in [4.78, 5) is 75.5. The molecule has 0 aliphatic heterocycles. The fourth-order valence-electron chi connectivity index (χ4n) is 11.7. The van der Waals surface area contributed by atoms with E-state index in [2.05, 4.69) is 25.3 Å². The van der Waals surface area contributed by atoms with E-state index >= 15 is 0 Å². The summed E-state index contributed by atoms with van der Waals surface area (Å²) in [6, 6.07) is 11.5. The van der Waals surface area contributed by atoms with Crippen LogP contribution in [0.1, 0.15) is 151 Å². The molecule has 1 atom stereocenters. The lowest BCUT2D eigenvalue weighted by Gasteiger charge is -2.32. The fraction of sp³-hybridized carbons (Fsp3) is 0.607. The van der Waals surface area contributed by atoms with Gasteiger partial charge >= 0.3 is 36.2 Å². The van der Waals surface area contributed by atoms with Gasteiger partial charge in [0, 0.05) is 35.3 Å². The van der Waals surface area contributed by atoms with Crippen LogP contribution < -0.4 is 9.47 Å². The number of carbonyl (C=O) groups excluding carboxylic acids is 6. The Kier molecular flexibility index (Phi) is 18.5. The standard InChI is InChI=1S/C56H70O16/c1-3-48(57)64-34-6-5-33-63-40-17-13-38(14-18-40)52(59)67-42-21-25-44(26-22-42)69-54(61)71-46-11-7-9-36-29-31-56(50(36)46)32-30-37-10-8-12-47(51(37)56)72-55(62)70-45-27-23-43(24-28-45)68-53(60)39-15-19-41(20-16-39)65-35-66-49(58)4-2/h3-4,7-12,38-45H,1-2,5-6,13-35H2. The second-order valence-electron chi connectivity index (χ2n) is 20.1. The SMILES string of the molecule is C=CC(=O)OCCCCOC1CCC(C(=O)OC2CCC(OC(=O)Oc3cccc4c3C3(CC4)CCc4cccc(OC(=O)OC5CCC(OC(=O)C6CCC(OCOC(=O)C=C)CC6)CC5)c43)CC2)CC1. The number of benzene rings is 2. The zero-order chi connectivity index (χ0) is 50.5. The van der Waals surface area contributed by atoms with Gasteiger partial charge in [0.25, 0.3) is 0 Å². The van der Waals surface area contributed by atoms with Crippen molar-refractivity contribution in [1.29, 1.82) is 0 Å². The fourth-order valence-corrected chi connectivity index (χ4v) is 11.7. The molecule has 4 fully saturated rings. The van der Waals surface area contributed by atoms with Crippen molar-refractivity contribution < 1.29 is 76.1 Å². The van der Waals surface area contributed by atoms with Crippen molar-refractivity contribution in [2.24, 2.45) is 11.8 Å². The summed E-state index contributed by atoms with van der Waals surface area (Å²) in [5, 5.41) is 0. The highest BCUT2D eigenvalue weighted by Gasteiger charge is 2.49. The van der Waals surface area contributed by atoms with Gasteiger partial charge in [-0.3, -0.25) is 9.59 Å². The Labute approximate surface area is 421 Å². The molecule has 8 rings (SSSR count). The van der Waals surface area contributed by atoms with Gasteiger partial charge in [0.05, 0.1) is 30.7 Å². The number of esters is 4. The van der Waals surface area contributed by atoms with Crippen molar-refractivity contribution >= 4 is 36.2 Å². The molecule has 6 aliphatic carbocycles. The molecule has 0 radical (unpaired) electrons. The second-order valence-corrected chi connectivity index (χ2v) is 20.1. The van der Waals surface area contributed by atoms with Gasteiger partial charge in [-0.2, -0.15) is 0 Å². The van der Waals surface area contributed by atoms with Crippen molar-refractivity contribution in [3.8, 4) is 11.5 Å².